The van der Waals surface area contributed by atoms with Crippen molar-refractivity contribution in [1.29, 1.82) is 0 Å². The van der Waals surface area contributed by atoms with E-state index >= 15 is 0 Å². The van der Waals surface area contributed by atoms with Crippen molar-refractivity contribution in [2.45, 2.75) is 13.7 Å². The molecule has 14 heavy (non-hydrogen) atoms. The highest BCUT2D eigenvalue weighted by atomic mass is 32.2. The smallest absolute Gasteiger partial charge is 0.320 e. The summed E-state index contributed by atoms with van der Waals surface area (Å²) in [5.74, 6) is 0.643. The van der Waals surface area contributed by atoms with E-state index in [1.807, 2.05) is 0 Å². The van der Waals surface area contributed by atoms with Gasteiger partial charge in [0, 0.05) is 5.75 Å². The lowest BCUT2D eigenvalue weighted by Gasteiger charge is -2.17. The molecule has 2 nitrogen and oxygen atoms in total. The summed E-state index contributed by atoms with van der Waals surface area (Å²) in [4.78, 5) is 11.3. The van der Waals surface area contributed by atoms with Crippen molar-refractivity contribution in [2.24, 2.45) is 0 Å². The molecule has 0 amide bonds. The maximum Gasteiger partial charge on any atom is 0.320 e. The number of rotatable bonds is 1. The summed E-state index contributed by atoms with van der Waals surface area (Å²) in [6, 6.07) is 0. The van der Waals surface area contributed by atoms with Crippen molar-refractivity contribution in [2.75, 3.05) is 12.9 Å². The Hall–Kier alpha value is 0.440. The molecule has 1 aliphatic heterocycles. The van der Waals surface area contributed by atoms with E-state index in [1.54, 1.807) is 46.2 Å². The van der Waals surface area contributed by atoms with Gasteiger partial charge in [-0.05, 0) is 0 Å². The highest BCUT2D eigenvalue weighted by molar-refractivity contribution is 8.09. The Labute approximate surface area is 103 Å². The van der Waals surface area contributed by atoms with Crippen LogP contribution in [0.5, 0.6) is 0 Å². The molecule has 0 N–H and O–H groups in total. The lowest BCUT2D eigenvalue weighted by molar-refractivity contribution is -0.139. The van der Waals surface area contributed by atoms with Crippen molar-refractivity contribution in [3.8, 4) is 0 Å². The van der Waals surface area contributed by atoms with E-state index in [0.717, 1.165) is 8.89 Å². The summed E-state index contributed by atoms with van der Waals surface area (Å²) >= 11 is 11.6. The van der Waals surface area contributed by atoms with Gasteiger partial charge in [0.15, 0.2) is 0 Å². The number of hydrogen-bond donors (Lipinski definition) is 0. The first kappa shape index (κ1) is 10.9. The molecule has 0 radical (unpaired) electrons. The minimum Gasteiger partial charge on any atom is -0.468 e. The Kier molecular flexibility index (Phi) is 3.54. The molecule has 1 atom stereocenters. The fourth-order valence-electron chi connectivity index (χ4n) is 0.978. The number of hydrogen-bond acceptors (Lipinski definition) is 7. The molecule has 0 spiro atoms. The molecule has 1 aromatic heterocycles. The summed E-state index contributed by atoms with van der Waals surface area (Å²) in [6.45, 7) is 0. The number of fused-ring (bicyclic) bond motifs is 1. The third-order valence-corrected chi connectivity index (χ3v) is 7.61. The molecule has 0 aliphatic carbocycles. The monoisotopic (exact) mass is 282 g/mol. The summed E-state index contributed by atoms with van der Waals surface area (Å²) in [5, 5.41) is -0.0715. The van der Waals surface area contributed by atoms with E-state index in [2.05, 4.69) is 0 Å². The molecule has 2 rings (SSSR count). The van der Waals surface area contributed by atoms with Crippen molar-refractivity contribution in [3.63, 3.8) is 0 Å². The van der Waals surface area contributed by atoms with Crippen molar-refractivity contribution in [1.82, 2.24) is 0 Å². The third-order valence-electron chi connectivity index (χ3n) is 1.60. The van der Waals surface area contributed by atoms with Gasteiger partial charge in [-0.1, -0.05) is 24.0 Å². The number of thioether (sulfide) groups is 2. The van der Waals surface area contributed by atoms with Crippen LogP contribution in [0.15, 0.2) is 8.42 Å². The van der Waals surface area contributed by atoms with E-state index in [-0.39, 0.29) is 11.2 Å². The Morgan fingerprint density at radius 3 is 2.93 bits per heavy atom. The van der Waals surface area contributed by atoms with Gasteiger partial charge in [-0.15, -0.1) is 34.4 Å². The van der Waals surface area contributed by atoms with E-state index in [4.69, 9.17) is 17.0 Å². The average molecular weight is 282 g/mol. The van der Waals surface area contributed by atoms with Gasteiger partial charge in [-0.3, -0.25) is 4.79 Å². The Morgan fingerprint density at radius 2 is 2.21 bits per heavy atom. The fraction of sp³-hybridized carbons (Fsp3) is 0.429. The van der Waals surface area contributed by atoms with Crippen molar-refractivity contribution >= 4 is 64.4 Å². The lowest BCUT2D eigenvalue weighted by atomic mass is 10.5. The predicted molar refractivity (Wildman–Crippen MR) is 65.4 cm³/mol. The first-order chi connectivity index (χ1) is 6.70. The van der Waals surface area contributed by atoms with E-state index in [1.165, 1.54) is 15.5 Å². The van der Waals surface area contributed by atoms with Crippen LogP contribution < -0.4 is 0 Å². The quantitative estimate of drug-likeness (QED) is 0.582. The summed E-state index contributed by atoms with van der Waals surface area (Å²) < 4.78 is 8.08. The first-order valence-electron chi connectivity index (χ1n) is 3.72. The van der Waals surface area contributed by atoms with Crippen LogP contribution >= 0.6 is 58.4 Å². The van der Waals surface area contributed by atoms with Crippen LogP contribution in [0.3, 0.4) is 0 Å². The second kappa shape index (κ2) is 4.52. The van der Waals surface area contributed by atoms with Crippen LogP contribution in [-0.2, 0) is 9.53 Å². The molecule has 1 unspecified atom stereocenters. The van der Waals surface area contributed by atoms with Crippen LogP contribution in [0, 0.1) is 3.14 Å². The normalized spacial score (nSPS) is 20.2. The van der Waals surface area contributed by atoms with Crippen LogP contribution in [0.25, 0.3) is 0 Å². The molecule has 76 valence electrons. The van der Waals surface area contributed by atoms with E-state index in [9.17, 15) is 4.79 Å². The van der Waals surface area contributed by atoms with Gasteiger partial charge in [0.2, 0.25) is 0 Å². The fourth-order valence-corrected chi connectivity index (χ4v) is 7.45. The Balaban J connectivity index is 2.20. The average Bonchev–Trinajstić information content (AvgIpc) is 2.55. The Morgan fingerprint density at radius 1 is 1.50 bits per heavy atom. The minimum absolute atomic E-state index is 0.0715. The zero-order chi connectivity index (χ0) is 10.1. The number of carbonyl (C=O) groups is 1. The summed E-state index contributed by atoms with van der Waals surface area (Å²) in [5.41, 5.74) is 0. The van der Waals surface area contributed by atoms with Gasteiger partial charge in [0.05, 0.1) is 15.5 Å². The number of esters is 1. The molecule has 1 aliphatic rings. The first-order valence-corrected chi connectivity index (χ1v) is 7.62. The molecule has 0 saturated carbocycles. The maximum atomic E-state index is 11.3. The van der Waals surface area contributed by atoms with E-state index < -0.39 is 0 Å². The zero-order valence-electron chi connectivity index (χ0n) is 7.14. The van der Waals surface area contributed by atoms with Gasteiger partial charge >= 0.3 is 5.97 Å². The number of methoxy groups -OCH3 is 1. The summed E-state index contributed by atoms with van der Waals surface area (Å²) in [7, 11) is 1.43. The van der Waals surface area contributed by atoms with Crippen LogP contribution in [0.2, 0.25) is 0 Å². The van der Waals surface area contributed by atoms with Gasteiger partial charge in [0.1, 0.15) is 8.39 Å². The lowest BCUT2D eigenvalue weighted by Crippen LogP contribution is -2.22. The highest BCUT2D eigenvalue weighted by Crippen LogP contribution is 2.47. The van der Waals surface area contributed by atoms with Gasteiger partial charge in [0.25, 0.3) is 0 Å². The van der Waals surface area contributed by atoms with Gasteiger partial charge in [-0.25, -0.2) is 0 Å². The standard InChI is InChI=1S/C7H6O2S5/c1-9-4(8)3-2-11-5-6(12-3)14-7(10)13-5/h3H,2H2,1H3. The maximum absolute atomic E-state index is 11.3. The molecule has 0 aromatic carbocycles. The largest absolute Gasteiger partial charge is 0.468 e. The molecule has 0 saturated heterocycles. The number of ether oxygens (including phenoxy) is 1. The van der Waals surface area contributed by atoms with Crippen molar-refractivity contribution < 1.29 is 9.53 Å². The highest BCUT2D eigenvalue weighted by Gasteiger charge is 2.28. The summed E-state index contributed by atoms with van der Waals surface area (Å²) in [6.07, 6.45) is 0. The van der Waals surface area contributed by atoms with E-state index in [0.29, 0.717) is 0 Å². The molecule has 1 aromatic rings. The number of carbonyl (C=O) groups excluding carboxylic acids is 1. The molecule has 2 heterocycles. The minimum atomic E-state index is -0.141. The van der Waals surface area contributed by atoms with Crippen LogP contribution in [-0.4, -0.2) is 24.1 Å². The van der Waals surface area contributed by atoms with Gasteiger partial charge in [-0.2, -0.15) is 0 Å². The molecule has 0 bridgehead atoms. The molecule has 7 heteroatoms. The second-order valence-corrected chi connectivity index (χ2v) is 8.45. The van der Waals surface area contributed by atoms with Gasteiger partial charge < -0.3 is 4.74 Å². The van der Waals surface area contributed by atoms with Crippen LogP contribution in [0.1, 0.15) is 0 Å². The molecule has 0 fully saturated rings. The Bertz CT molecular complexity index is 406. The molecular weight excluding hydrogens is 276 g/mol. The second-order valence-electron chi connectivity index (χ2n) is 2.47. The third kappa shape index (κ3) is 2.16. The van der Waals surface area contributed by atoms with Crippen LogP contribution in [0.4, 0.5) is 0 Å². The molecular formula is C7H6O2S5. The zero-order valence-corrected chi connectivity index (χ0v) is 11.2. The SMILES string of the molecule is COC(=O)C1CSc2sc(=S)sc2S1. The van der Waals surface area contributed by atoms with Crippen molar-refractivity contribution in [3.05, 3.63) is 3.14 Å². The topological polar surface area (TPSA) is 26.3 Å². The predicted octanol–water partition coefficient (Wildman–Crippen LogP) is 3.28.